The first-order valence-electron chi connectivity index (χ1n) is 6.83. The van der Waals surface area contributed by atoms with E-state index >= 15 is 0 Å². The fourth-order valence-corrected chi connectivity index (χ4v) is 3.28. The third kappa shape index (κ3) is 4.85. The molecule has 0 saturated heterocycles. The maximum Gasteiger partial charge on any atom is 0.239 e. The van der Waals surface area contributed by atoms with Crippen molar-refractivity contribution in [2.75, 3.05) is 24.2 Å². The van der Waals surface area contributed by atoms with Crippen molar-refractivity contribution in [3.05, 3.63) is 24.3 Å². The standard InChI is InChI=1S/C14H22N2O3S/c1-3-9-15-14(17)11-16-12-7-5-6-8-13(12)20(18,19)10-4-2/h5-8,16H,3-4,9-11H2,1-2H3,(H,15,17). The van der Waals surface area contributed by atoms with Gasteiger partial charge in [-0.2, -0.15) is 0 Å². The second-order valence-electron chi connectivity index (χ2n) is 4.52. The fraction of sp³-hybridized carbons (Fsp3) is 0.500. The molecule has 0 unspecified atom stereocenters. The first kappa shape index (κ1) is 16.5. The van der Waals surface area contributed by atoms with E-state index < -0.39 is 9.84 Å². The maximum atomic E-state index is 12.1. The maximum absolute atomic E-state index is 12.1. The van der Waals surface area contributed by atoms with Gasteiger partial charge in [-0.25, -0.2) is 8.42 Å². The van der Waals surface area contributed by atoms with Crippen LogP contribution in [0.4, 0.5) is 5.69 Å². The van der Waals surface area contributed by atoms with Crippen LogP contribution in [-0.4, -0.2) is 33.2 Å². The molecule has 0 bridgehead atoms. The zero-order valence-corrected chi connectivity index (χ0v) is 12.8. The molecule has 0 heterocycles. The number of para-hydroxylation sites is 1. The van der Waals surface area contributed by atoms with Crippen LogP contribution in [0, 0.1) is 0 Å². The molecule has 2 N–H and O–H groups in total. The lowest BCUT2D eigenvalue weighted by Gasteiger charge is -2.12. The van der Waals surface area contributed by atoms with Gasteiger partial charge < -0.3 is 10.6 Å². The number of benzene rings is 1. The number of hydrogen-bond acceptors (Lipinski definition) is 4. The molecule has 1 aromatic rings. The summed E-state index contributed by atoms with van der Waals surface area (Å²) in [5.74, 6) is -0.0391. The van der Waals surface area contributed by atoms with Gasteiger partial charge in [-0.1, -0.05) is 26.0 Å². The van der Waals surface area contributed by atoms with Crippen LogP contribution in [0.2, 0.25) is 0 Å². The van der Waals surface area contributed by atoms with Crippen molar-refractivity contribution >= 4 is 21.4 Å². The summed E-state index contributed by atoms with van der Waals surface area (Å²) in [5, 5.41) is 5.63. The van der Waals surface area contributed by atoms with Crippen molar-refractivity contribution in [2.24, 2.45) is 0 Å². The van der Waals surface area contributed by atoms with Crippen molar-refractivity contribution in [3.63, 3.8) is 0 Å². The Morgan fingerprint density at radius 3 is 2.50 bits per heavy atom. The van der Waals surface area contributed by atoms with E-state index in [-0.39, 0.29) is 23.1 Å². The second-order valence-corrected chi connectivity index (χ2v) is 6.60. The van der Waals surface area contributed by atoms with Gasteiger partial charge in [0.25, 0.3) is 0 Å². The van der Waals surface area contributed by atoms with Crippen molar-refractivity contribution in [3.8, 4) is 0 Å². The van der Waals surface area contributed by atoms with Crippen LogP contribution in [0.3, 0.4) is 0 Å². The summed E-state index contributed by atoms with van der Waals surface area (Å²) < 4.78 is 24.3. The van der Waals surface area contributed by atoms with Crippen molar-refractivity contribution in [1.82, 2.24) is 5.32 Å². The fourth-order valence-electron chi connectivity index (χ4n) is 1.76. The molecule has 0 aliphatic carbocycles. The molecule has 0 aromatic heterocycles. The van der Waals surface area contributed by atoms with Crippen LogP contribution in [0.1, 0.15) is 26.7 Å². The summed E-state index contributed by atoms with van der Waals surface area (Å²) in [5.41, 5.74) is 0.479. The molecule has 0 spiro atoms. The number of amides is 1. The van der Waals surface area contributed by atoms with Crippen LogP contribution in [0.15, 0.2) is 29.2 Å². The summed E-state index contributed by atoms with van der Waals surface area (Å²) >= 11 is 0. The van der Waals surface area contributed by atoms with Crippen LogP contribution >= 0.6 is 0 Å². The highest BCUT2D eigenvalue weighted by Crippen LogP contribution is 2.22. The first-order chi connectivity index (χ1) is 9.51. The first-order valence-corrected chi connectivity index (χ1v) is 8.48. The third-order valence-corrected chi connectivity index (χ3v) is 4.68. The number of nitrogens with one attached hydrogen (secondary N) is 2. The molecule has 1 amide bonds. The van der Waals surface area contributed by atoms with Gasteiger partial charge in [-0.3, -0.25) is 4.79 Å². The lowest BCUT2D eigenvalue weighted by atomic mass is 10.3. The molecule has 6 heteroatoms. The Morgan fingerprint density at radius 2 is 1.85 bits per heavy atom. The van der Waals surface area contributed by atoms with E-state index in [0.717, 1.165) is 6.42 Å². The quantitative estimate of drug-likeness (QED) is 0.767. The Morgan fingerprint density at radius 1 is 1.15 bits per heavy atom. The summed E-state index contributed by atoms with van der Waals surface area (Å²) in [6, 6.07) is 6.68. The smallest absolute Gasteiger partial charge is 0.239 e. The molecule has 0 aliphatic heterocycles. The van der Waals surface area contributed by atoms with Crippen molar-refractivity contribution < 1.29 is 13.2 Å². The van der Waals surface area contributed by atoms with E-state index in [4.69, 9.17) is 0 Å². The number of carbonyl (C=O) groups excluding carboxylic acids is 1. The van der Waals surface area contributed by atoms with E-state index in [9.17, 15) is 13.2 Å². The summed E-state index contributed by atoms with van der Waals surface area (Å²) in [6.07, 6.45) is 1.43. The Bertz CT molecular complexity index is 541. The highest BCUT2D eigenvalue weighted by Gasteiger charge is 2.17. The van der Waals surface area contributed by atoms with Gasteiger partial charge in [0.05, 0.1) is 22.9 Å². The normalized spacial score (nSPS) is 11.1. The third-order valence-electron chi connectivity index (χ3n) is 2.71. The van der Waals surface area contributed by atoms with Gasteiger partial charge in [-0.05, 0) is 25.0 Å². The minimum absolute atomic E-state index is 0.0681. The molecular weight excluding hydrogens is 276 g/mol. The molecule has 0 atom stereocenters. The van der Waals surface area contributed by atoms with E-state index in [2.05, 4.69) is 10.6 Å². The largest absolute Gasteiger partial charge is 0.375 e. The summed E-state index contributed by atoms with van der Waals surface area (Å²) in [6.45, 7) is 4.49. The Balaban J connectivity index is 2.79. The highest BCUT2D eigenvalue weighted by molar-refractivity contribution is 7.91. The van der Waals surface area contributed by atoms with Gasteiger partial charge in [0.2, 0.25) is 5.91 Å². The minimum Gasteiger partial charge on any atom is -0.375 e. The van der Waals surface area contributed by atoms with Gasteiger partial charge in [0, 0.05) is 6.54 Å². The van der Waals surface area contributed by atoms with Gasteiger partial charge >= 0.3 is 0 Å². The highest BCUT2D eigenvalue weighted by atomic mass is 32.2. The summed E-state index contributed by atoms with van der Waals surface area (Å²) in [4.78, 5) is 11.8. The number of rotatable bonds is 8. The minimum atomic E-state index is -3.30. The Labute approximate surface area is 120 Å². The topological polar surface area (TPSA) is 75.3 Å². The molecule has 0 radical (unpaired) electrons. The lowest BCUT2D eigenvalue weighted by molar-refractivity contribution is -0.119. The second kappa shape index (κ2) is 7.89. The molecule has 0 aliphatic rings. The van der Waals surface area contributed by atoms with E-state index in [1.54, 1.807) is 24.3 Å². The van der Waals surface area contributed by atoms with E-state index in [0.29, 0.717) is 18.7 Å². The number of hydrogen-bond donors (Lipinski definition) is 2. The zero-order chi connectivity index (χ0) is 15.0. The predicted octanol–water partition coefficient (Wildman–Crippen LogP) is 1.81. The Hall–Kier alpha value is -1.56. The lowest BCUT2D eigenvalue weighted by Crippen LogP contribution is -2.30. The van der Waals surface area contributed by atoms with Gasteiger partial charge in [-0.15, -0.1) is 0 Å². The molecule has 1 aromatic carbocycles. The predicted molar refractivity (Wildman–Crippen MR) is 80.6 cm³/mol. The number of sulfone groups is 1. The average molecular weight is 298 g/mol. The molecule has 20 heavy (non-hydrogen) atoms. The average Bonchev–Trinajstić information content (AvgIpc) is 2.43. The SMILES string of the molecule is CCCNC(=O)CNc1ccccc1S(=O)(=O)CCC. The zero-order valence-electron chi connectivity index (χ0n) is 12.0. The molecule has 0 fully saturated rings. The van der Waals surface area contributed by atoms with Gasteiger partial charge in [0.15, 0.2) is 9.84 Å². The van der Waals surface area contributed by atoms with Crippen LogP contribution in [0.25, 0.3) is 0 Å². The number of carbonyl (C=O) groups is 1. The van der Waals surface area contributed by atoms with Crippen LogP contribution in [0.5, 0.6) is 0 Å². The van der Waals surface area contributed by atoms with Crippen LogP contribution in [-0.2, 0) is 14.6 Å². The molecule has 5 nitrogen and oxygen atoms in total. The van der Waals surface area contributed by atoms with E-state index in [1.807, 2.05) is 13.8 Å². The van der Waals surface area contributed by atoms with Gasteiger partial charge in [0.1, 0.15) is 0 Å². The summed E-state index contributed by atoms with van der Waals surface area (Å²) in [7, 11) is -3.30. The molecule has 1 rings (SSSR count). The Kier molecular flexibility index (Phi) is 6.51. The van der Waals surface area contributed by atoms with Crippen molar-refractivity contribution in [2.45, 2.75) is 31.6 Å². The van der Waals surface area contributed by atoms with Crippen LogP contribution < -0.4 is 10.6 Å². The molecule has 0 saturated carbocycles. The molecule has 112 valence electrons. The van der Waals surface area contributed by atoms with Crippen molar-refractivity contribution in [1.29, 1.82) is 0 Å². The number of anilines is 1. The molecular formula is C14H22N2O3S. The monoisotopic (exact) mass is 298 g/mol. The van der Waals surface area contributed by atoms with E-state index in [1.165, 1.54) is 0 Å².